The second kappa shape index (κ2) is 12.5. The molecule has 0 aliphatic carbocycles. The number of nitrogens with two attached hydrogens (primary N) is 1. The van der Waals surface area contributed by atoms with Crippen LogP contribution in [0.1, 0.15) is 59.1 Å². The average molecular weight is 360 g/mol. The van der Waals surface area contributed by atoms with E-state index in [9.17, 15) is 5.11 Å². The van der Waals surface area contributed by atoms with Gasteiger partial charge >= 0.3 is 0 Å². The molecule has 0 aliphatic heterocycles. The minimum Gasteiger partial charge on any atom is -0.508 e. The van der Waals surface area contributed by atoms with Gasteiger partial charge < -0.3 is 15.6 Å². The Hall–Kier alpha value is -1.84. The Morgan fingerprint density at radius 3 is 2.42 bits per heavy atom. The number of aromatic hydroxyl groups is 1. The summed E-state index contributed by atoms with van der Waals surface area (Å²) in [4.78, 5) is 0. The lowest BCUT2D eigenvalue weighted by molar-refractivity contribution is -0.0144. The predicted octanol–water partition coefficient (Wildman–Crippen LogP) is 5.93. The number of allylic oxidation sites excluding steroid dienone is 2. The molecule has 0 saturated heterocycles. The molecule has 1 rings (SSSR count). The number of phenolic OH excluding ortho intramolecular Hbond substituents is 1. The topological polar surface area (TPSA) is 55.5 Å². The normalized spacial score (nSPS) is 14.0. The second-order valence-electron chi connectivity index (χ2n) is 7.03. The number of rotatable bonds is 9. The van der Waals surface area contributed by atoms with E-state index in [0.717, 1.165) is 24.2 Å². The van der Waals surface area contributed by atoms with Gasteiger partial charge in [0.15, 0.2) is 0 Å². The highest BCUT2D eigenvalue weighted by atomic mass is 16.5. The Morgan fingerprint density at radius 2 is 1.96 bits per heavy atom. The highest BCUT2D eigenvalue weighted by Gasteiger charge is 2.23. The van der Waals surface area contributed by atoms with Gasteiger partial charge in [0.2, 0.25) is 0 Å². The van der Waals surface area contributed by atoms with Crippen molar-refractivity contribution in [2.24, 2.45) is 11.1 Å². The van der Waals surface area contributed by atoms with Crippen molar-refractivity contribution >= 4 is 0 Å². The van der Waals surface area contributed by atoms with Gasteiger partial charge in [0, 0.05) is 6.61 Å². The summed E-state index contributed by atoms with van der Waals surface area (Å²) in [5, 5.41) is 9.33. The molecule has 2 unspecified atom stereocenters. The molecule has 0 bridgehead atoms. The van der Waals surface area contributed by atoms with Crippen LogP contribution < -0.4 is 5.73 Å². The first-order valence-electron chi connectivity index (χ1n) is 9.34. The van der Waals surface area contributed by atoms with Crippen LogP contribution in [0.15, 0.2) is 61.2 Å². The number of benzene rings is 1. The maximum Gasteiger partial charge on any atom is 0.115 e. The van der Waals surface area contributed by atoms with Gasteiger partial charge in [-0.25, -0.2) is 0 Å². The first-order chi connectivity index (χ1) is 12.2. The molecule has 3 heteroatoms. The molecule has 1 aromatic carbocycles. The van der Waals surface area contributed by atoms with Crippen molar-refractivity contribution < 1.29 is 9.84 Å². The zero-order valence-corrected chi connectivity index (χ0v) is 17.2. The van der Waals surface area contributed by atoms with E-state index in [1.54, 1.807) is 30.4 Å². The fraction of sp³-hybridized carbons (Fsp3) is 0.478. The lowest BCUT2D eigenvalue weighted by atomic mass is 9.85. The number of phenols is 1. The molecular weight excluding hydrogens is 322 g/mol. The van der Waals surface area contributed by atoms with Gasteiger partial charge in [0.05, 0.1) is 12.1 Å². The number of hydrogen-bond acceptors (Lipinski definition) is 3. The van der Waals surface area contributed by atoms with Crippen LogP contribution in [-0.4, -0.2) is 17.8 Å². The summed E-state index contributed by atoms with van der Waals surface area (Å²) < 4.78 is 5.65. The molecule has 0 aromatic heterocycles. The molecule has 0 fully saturated rings. The highest BCUT2D eigenvalue weighted by Crippen LogP contribution is 2.26. The van der Waals surface area contributed by atoms with E-state index in [2.05, 4.69) is 47.8 Å². The first kappa shape index (κ1) is 24.2. The van der Waals surface area contributed by atoms with Crippen molar-refractivity contribution in [3.63, 3.8) is 0 Å². The van der Waals surface area contributed by atoms with Gasteiger partial charge in [-0.1, -0.05) is 71.2 Å². The maximum atomic E-state index is 9.33. The number of hydrogen-bond donors (Lipinski definition) is 2. The highest BCUT2D eigenvalue weighted by molar-refractivity contribution is 5.38. The van der Waals surface area contributed by atoms with Crippen LogP contribution in [0.4, 0.5) is 0 Å². The molecular formula is C23H37NO2. The quantitative estimate of drug-likeness (QED) is 0.537. The molecule has 0 radical (unpaired) electrons. The molecule has 0 spiro atoms. The maximum absolute atomic E-state index is 9.33. The van der Waals surface area contributed by atoms with Crippen LogP contribution in [0.25, 0.3) is 0 Å². The van der Waals surface area contributed by atoms with Crippen molar-refractivity contribution in [1.82, 2.24) is 0 Å². The van der Waals surface area contributed by atoms with Crippen molar-refractivity contribution in [3.8, 4) is 5.75 Å². The molecule has 1 aromatic rings. The third kappa shape index (κ3) is 8.50. The predicted molar refractivity (Wildman–Crippen MR) is 113 cm³/mol. The third-order valence-electron chi connectivity index (χ3n) is 4.72. The second-order valence-corrected chi connectivity index (χ2v) is 7.03. The molecule has 146 valence electrons. The fourth-order valence-electron chi connectivity index (χ4n) is 2.15. The molecule has 0 amide bonds. The van der Waals surface area contributed by atoms with Gasteiger partial charge in [0.1, 0.15) is 5.75 Å². The van der Waals surface area contributed by atoms with Crippen molar-refractivity contribution in [1.29, 1.82) is 0 Å². The Kier molecular flexibility index (Phi) is 11.6. The van der Waals surface area contributed by atoms with E-state index in [0.29, 0.717) is 11.5 Å². The van der Waals surface area contributed by atoms with Crippen molar-refractivity contribution in [3.05, 3.63) is 66.8 Å². The van der Waals surface area contributed by atoms with E-state index >= 15 is 0 Å². The van der Waals surface area contributed by atoms with Gasteiger partial charge in [-0.05, 0) is 48.4 Å². The lowest BCUT2D eigenvalue weighted by Gasteiger charge is -2.30. The van der Waals surface area contributed by atoms with Crippen LogP contribution >= 0.6 is 0 Å². The monoisotopic (exact) mass is 359 g/mol. The Balaban J connectivity index is 0.000000508. The third-order valence-corrected chi connectivity index (χ3v) is 4.72. The summed E-state index contributed by atoms with van der Waals surface area (Å²) in [6.07, 6.45) is 7.84. The molecule has 26 heavy (non-hydrogen) atoms. The first-order valence-corrected chi connectivity index (χ1v) is 9.34. The smallest absolute Gasteiger partial charge is 0.115 e. The van der Waals surface area contributed by atoms with E-state index in [-0.39, 0.29) is 11.8 Å². The molecule has 2 atom stereocenters. The molecule has 3 nitrogen and oxygen atoms in total. The SMILES string of the molecule is C=C/C=C(\C=C)C(N)c1cccc(O)c1.CCCOC(C)C(C)(C)CC. The molecule has 0 aliphatic rings. The molecule has 3 N–H and O–H groups in total. The molecule has 0 heterocycles. The van der Waals surface area contributed by atoms with Crippen molar-refractivity contribution in [2.45, 2.75) is 59.6 Å². The van der Waals surface area contributed by atoms with E-state index in [1.165, 1.54) is 6.42 Å². The van der Waals surface area contributed by atoms with Gasteiger partial charge in [-0.2, -0.15) is 0 Å². The Morgan fingerprint density at radius 1 is 1.31 bits per heavy atom. The van der Waals surface area contributed by atoms with Gasteiger partial charge in [0.25, 0.3) is 0 Å². The zero-order chi connectivity index (χ0) is 20.2. The average Bonchev–Trinajstić information content (AvgIpc) is 2.64. The molecule has 0 saturated carbocycles. The Labute approximate surface area is 160 Å². The summed E-state index contributed by atoms with van der Waals surface area (Å²) in [7, 11) is 0. The fourth-order valence-corrected chi connectivity index (χ4v) is 2.15. The largest absolute Gasteiger partial charge is 0.508 e. The van der Waals surface area contributed by atoms with Crippen LogP contribution in [0.2, 0.25) is 0 Å². The lowest BCUT2D eigenvalue weighted by Crippen LogP contribution is -2.28. The minimum atomic E-state index is -0.285. The van der Waals surface area contributed by atoms with Gasteiger partial charge in [-0.15, -0.1) is 0 Å². The summed E-state index contributed by atoms with van der Waals surface area (Å²) >= 11 is 0. The zero-order valence-electron chi connectivity index (χ0n) is 17.2. The summed E-state index contributed by atoms with van der Waals surface area (Å²) in [5.41, 5.74) is 8.06. The van der Waals surface area contributed by atoms with E-state index in [1.807, 2.05) is 12.1 Å². The van der Waals surface area contributed by atoms with Crippen LogP contribution in [0.5, 0.6) is 5.75 Å². The van der Waals surface area contributed by atoms with Crippen LogP contribution in [0.3, 0.4) is 0 Å². The summed E-state index contributed by atoms with van der Waals surface area (Å²) in [5.74, 6) is 0.213. The standard InChI is InChI=1S/C13H15NO.C10H22O/c1-3-6-10(4-2)13(14)11-7-5-8-12(15)9-11;1-6-8-11-9(3)10(4,5)7-2/h3-9,13,15H,1-2,14H2;9H,6-8H2,1-5H3/b10-6+;. The Bertz CT molecular complexity index is 575. The van der Waals surface area contributed by atoms with E-state index < -0.39 is 0 Å². The van der Waals surface area contributed by atoms with Crippen LogP contribution in [0, 0.1) is 5.41 Å². The van der Waals surface area contributed by atoms with E-state index in [4.69, 9.17) is 10.5 Å². The van der Waals surface area contributed by atoms with Crippen LogP contribution in [-0.2, 0) is 4.74 Å². The minimum absolute atomic E-state index is 0.213. The number of ether oxygens (including phenoxy) is 1. The summed E-state index contributed by atoms with van der Waals surface area (Å²) in [6, 6.07) is 6.60. The summed E-state index contributed by atoms with van der Waals surface area (Å²) in [6.45, 7) is 19.2. The van der Waals surface area contributed by atoms with Gasteiger partial charge in [-0.3, -0.25) is 0 Å². The van der Waals surface area contributed by atoms with Crippen molar-refractivity contribution in [2.75, 3.05) is 6.61 Å².